The van der Waals surface area contributed by atoms with Gasteiger partial charge in [0.15, 0.2) is 6.23 Å². The van der Waals surface area contributed by atoms with E-state index in [2.05, 4.69) is 143 Å². The number of allylic oxidation sites excluding steroid dienone is 1. The fourth-order valence-corrected chi connectivity index (χ4v) is 8.92. The van der Waals surface area contributed by atoms with Crippen LogP contribution in [0.3, 0.4) is 0 Å². The molecule has 11 rings (SSSR count). The summed E-state index contributed by atoms with van der Waals surface area (Å²) < 4.78 is 9.30. The van der Waals surface area contributed by atoms with Gasteiger partial charge in [-0.25, -0.2) is 0 Å². The van der Waals surface area contributed by atoms with Crippen LogP contribution in [0, 0.1) is 0 Å². The molecule has 0 saturated carbocycles. The molecule has 7 aromatic rings. The minimum Gasteiger partial charge on any atom is -0.473 e. The first kappa shape index (κ1) is 25.1. The molecule has 6 aromatic carbocycles. The predicted molar refractivity (Wildman–Crippen MR) is 186 cm³/mol. The largest absolute Gasteiger partial charge is 0.473 e. The molecular formula is C42H31N3O. The van der Waals surface area contributed by atoms with Gasteiger partial charge in [-0.2, -0.15) is 0 Å². The van der Waals surface area contributed by atoms with Crippen molar-refractivity contribution in [1.82, 2.24) is 15.2 Å². The number of hydrogen-bond donors (Lipinski definition) is 2. The van der Waals surface area contributed by atoms with E-state index in [-0.39, 0.29) is 24.5 Å². The number of nitrogens with one attached hydrogen (secondary N) is 2. The van der Waals surface area contributed by atoms with E-state index in [1.165, 1.54) is 77.1 Å². The van der Waals surface area contributed by atoms with Gasteiger partial charge in [0.2, 0.25) is 0 Å². The molecule has 2 aliphatic carbocycles. The molecule has 4 aliphatic rings. The molecule has 2 aliphatic heterocycles. The second-order valence-electron chi connectivity index (χ2n) is 13.2. The average Bonchev–Trinajstić information content (AvgIpc) is 3.60. The van der Waals surface area contributed by atoms with Crippen LogP contribution in [0.5, 0.6) is 5.75 Å². The van der Waals surface area contributed by atoms with Crippen LogP contribution in [0.2, 0.25) is 0 Å². The summed E-state index contributed by atoms with van der Waals surface area (Å²) in [4.78, 5) is 0. The third-order valence-electron chi connectivity index (χ3n) is 10.8. The van der Waals surface area contributed by atoms with Crippen molar-refractivity contribution in [3.8, 4) is 16.9 Å². The summed E-state index contributed by atoms with van der Waals surface area (Å²) in [5, 5.41) is 13.3. The maximum atomic E-state index is 6.74. The summed E-state index contributed by atoms with van der Waals surface area (Å²) in [5.41, 5.74) is 13.2. The van der Waals surface area contributed by atoms with E-state index in [9.17, 15) is 0 Å². The number of hydrogen-bond acceptors (Lipinski definition) is 3. The van der Waals surface area contributed by atoms with E-state index in [4.69, 9.17) is 4.74 Å². The smallest absolute Gasteiger partial charge is 0.171 e. The van der Waals surface area contributed by atoms with E-state index in [1.54, 1.807) is 0 Å². The number of nitrogens with zero attached hydrogens (tertiary/aromatic N) is 1. The SMILES string of the molecule is C1=C2c3c(cccc3-c3cccc4c3c3c2cccc3n4C2NC3Oc4cc5ccccc5cc4C3NC2c2ccccc2)CC1. The van der Waals surface area contributed by atoms with E-state index in [1.807, 2.05) is 0 Å². The lowest BCUT2D eigenvalue weighted by Gasteiger charge is -2.41. The lowest BCUT2D eigenvalue weighted by Crippen LogP contribution is -2.55. The van der Waals surface area contributed by atoms with E-state index in [0.717, 1.165) is 18.6 Å². The maximum Gasteiger partial charge on any atom is 0.171 e. The summed E-state index contributed by atoms with van der Waals surface area (Å²) in [7, 11) is 0. The molecule has 4 nitrogen and oxygen atoms in total. The molecule has 4 atom stereocenters. The Morgan fingerprint density at radius 3 is 2.20 bits per heavy atom. The lowest BCUT2D eigenvalue weighted by molar-refractivity contribution is 0.0617. The van der Waals surface area contributed by atoms with Gasteiger partial charge in [-0.15, -0.1) is 0 Å². The van der Waals surface area contributed by atoms with Crippen LogP contribution in [0.4, 0.5) is 0 Å². The Morgan fingerprint density at radius 2 is 1.35 bits per heavy atom. The molecule has 0 radical (unpaired) electrons. The predicted octanol–water partition coefficient (Wildman–Crippen LogP) is 9.20. The van der Waals surface area contributed by atoms with E-state index in [0.29, 0.717) is 0 Å². The van der Waals surface area contributed by atoms with Crippen LogP contribution < -0.4 is 15.4 Å². The van der Waals surface area contributed by atoms with Crippen molar-refractivity contribution in [2.75, 3.05) is 0 Å². The summed E-state index contributed by atoms with van der Waals surface area (Å²) >= 11 is 0. The first-order chi connectivity index (χ1) is 22.8. The second-order valence-corrected chi connectivity index (χ2v) is 13.2. The molecule has 0 bridgehead atoms. The molecule has 0 spiro atoms. The molecule has 1 fully saturated rings. The van der Waals surface area contributed by atoms with Gasteiger partial charge < -0.3 is 9.30 Å². The first-order valence-corrected chi connectivity index (χ1v) is 16.5. The minimum absolute atomic E-state index is 0.00491. The first-order valence-electron chi connectivity index (χ1n) is 16.5. The maximum absolute atomic E-state index is 6.74. The van der Waals surface area contributed by atoms with Crippen molar-refractivity contribution in [3.63, 3.8) is 0 Å². The topological polar surface area (TPSA) is 38.2 Å². The molecule has 4 unspecified atom stereocenters. The molecule has 2 N–H and O–H groups in total. The van der Waals surface area contributed by atoms with Crippen molar-refractivity contribution in [1.29, 1.82) is 0 Å². The molecular weight excluding hydrogens is 562 g/mol. The highest BCUT2D eigenvalue weighted by Gasteiger charge is 2.45. The van der Waals surface area contributed by atoms with Crippen LogP contribution >= 0.6 is 0 Å². The number of aromatic nitrogens is 1. The number of benzene rings is 6. The van der Waals surface area contributed by atoms with E-state index >= 15 is 0 Å². The van der Waals surface area contributed by atoms with Gasteiger partial charge >= 0.3 is 0 Å². The van der Waals surface area contributed by atoms with Crippen molar-refractivity contribution < 1.29 is 4.74 Å². The zero-order valence-electron chi connectivity index (χ0n) is 25.2. The fraction of sp³-hybridized carbons (Fsp3) is 0.143. The summed E-state index contributed by atoms with van der Waals surface area (Å²) in [6, 6.07) is 44.7. The Balaban J connectivity index is 1.16. The highest BCUT2D eigenvalue weighted by molar-refractivity contribution is 6.22. The fourth-order valence-electron chi connectivity index (χ4n) is 8.92. The molecule has 1 aromatic heterocycles. The number of fused-ring (bicyclic) bond motifs is 6. The Morgan fingerprint density at radius 1 is 0.630 bits per heavy atom. The zero-order valence-corrected chi connectivity index (χ0v) is 25.2. The van der Waals surface area contributed by atoms with Crippen molar-refractivity contribution in [3.05, 3.63) is 155 Å². The summed E-state index contributed by atoms with van der Waals surface area (Å²) in [5.74, 6) is 0.957. The van der Waals surface area contributed by atoms with Crippen molar-refractivity contribution in [2.45, 2.75) is 37.3 Å². The van der Waals surface area contributed by atoms with Crippen LogP contribution in [0.25, 0.3) is 49.3 Å². The van der Waals surface area contributed by atoms with Gasteiger partial charge in [0.1, 0.15) is 11.9 Å². The van der Waals surface area contributed by atoms with Gasteiger partial charge in [-0.3, -0.25) is 10.6 Å². The molecule has 220 valence electrons. The van der Waals surface area contributed by atoms with Gasteiger partial charge in [0.25, 0.3) is 0 Å². The molecule has 4 heteroatoms. The van der Waals surface area contributed by atoms with Gasteiger partial charge in [-0.1, -0.05) is 103 Å². The van der Waals surface area contributed by atoms with Crippen molar-refractivity contribution in [2.24, 2.45) is 0 Å². The highest BCUT2D eigenvalue weighted by Crippen LogP contribution is 2.52. The molecule has 46 heavy (non-hydrogen) atoms. The van der Waals surface area contributed by atoms with E-state index < -0.39 is 0 Å². The Labute approximate surface area is 266 Å². The second kappa shape index (κ2) is 9.20. The van der Waals surface area contributed by atoms with Crippen LogP contribution in [0.15, 0.2) is 127 Å². The number of rotatable bonds is 2. The van der Waals surface area contributed by atoms with Crippen LogP contribution in [-0.2, 0) is 6.42 Å². The highest BCUT2D eigenvalue weighted by atomic mass is 16.5. The summed E-state index contributed by atoms with van der Waals surface area (Å²) in [6.07, 6.45) is 4.35. The Bertz CT molecular complexity index is 2440. The van der Waals surface area contributed by atoms with Gasteiger partial charge in [0.05, 0.1) is 23.1 Å². The number of ether oxygens (including phenoxy) is 1. The van der Waals surface area contributed by atoms with Crippen LogP contribution in [0.1, 0.15) is 52.5 Å². The van der Waals surface area contributed by atoms with Gasteiger partial charge in [0, 0.05) is 16.3 Å². The van der Waals surface area contributed by atoms with Crippen LogP contribution in [-0.4, -0.2) is 10.8 Å². The molecule has 0 amide bonds. The zero-order chi connectivity index (χ0) is 29.9. The molecule has 1 saturated heterocycles. The van der Waals surface area contributed by atoms with Gasteiger partial charge in [-0.05, 0) is 86.8 Å². The third kappa shape index (κ3) is 3.30. The summed E-state index contributed by atoms with van der Waals surface area (Å²) in [6.45, 7) is 0. The standard InChI is InChI=1S/C42H31N3O/c1-2-10-25(11-3-1)39-41(44-42-40(43-39)32-22-26-12-4-5-13-27(26)23-35(32)46-42)45-33-20-8-18-30-28-16-6-14-24-15-7-17-29(36(24)28)31-19-9-21-34(45)38(31)37(30)33/h1-6,8-14,16-23,39-44H,7,15H2. The molecule has 3 heterocycles. The average molecular weight is 594 g/mol. The Hall–Kier alpha value is -5.16. The third-order valence-corrected chi connectivity index (χ3v) is 10.8. The minimum atomic E-state index is -0.201. The normalized spacial score (nSPS) is 22.3. The monoisotopic (exact) mass is 593 g/mol. The van der Waals surface area contributed by atoms with Crippen molar-refractivity contribution >= 4 is 38.2 Å². The number of aryl methyl sites for hydroxylation is 1. The lowest BCUT2D eigenvalue weighted by atomic mass is 9.83. The number of piperazine rings is 1. The quantitative estimate of drug-likeness (QED) is 0.210. The Kier molecular flexibility index (Phi) is 5.01.